The summed E-state index contributed by atoms with van der Waals surface area (Å²) in [6.45, 7) is -1.70. The number of sulfonamides is 1. The number of fused-ring (bicyclic) bond motifs is 1. The second-order valence-electron chi connectivity index (χ2n) is 8.79. The molecule has 0 radical (unpaired) electrons. The van der Waals surface area contributed by atoms with E-state index in [1.807, 2.05) is 13.8 Å². The Hall–Kier alpha value is -3.90. The maximum absolute atomic E-state index is 13.7. The van der Waals surface area contributed by atoms with Crippen LogP contribution >= 0.6 is 0 Å². The second-order valence-corrected chi connectivity index (χ2v) is 10.5. The molecular weight excluding hydrogens is 552 g/mol. The van der Waals surface area contributed by atoms with E-state index in [0.29, 0.717) is 29.6 Å². The molecule has 0 spiro atoms. The van der Waals surface area contributed by atoms with Crippen LogP contribution in [0.2, 0.25) is 0 Å². The number of carbonyl (C=O) groups is 3. The van der Waals surface area contributed by atoms with Crippen molar-refractivity contribution in [1.82, 2.24) is 5.32 Å². The first-order valence-corrected chi connectivity index (χ1v) is 14.6. The van der Waals surface area contributed by atoms with Gasteiger partial charge in [0.1, 0.15) is 17.1 Å². The van der Waals surface area contributed by atoms with Crippen molar-refractivity contribution in [2.45, 2.75) is 52.3 Å². The predicted molar refractivity (Wildman–Crippen MR) is 156 cm³/mol. The molecule has 4 N–H and O–H groups in total. The fourth-order valence-electron chi connectivity index (χ4n) is 3.49. The molecule has 0 atom stereocenters. The number of aliphatic carboxylic acids is 2. The lowest BCUT2D eigenvalue weighted by Crippen LogP contribution is -2.18. The molecule has 0 amide bonds. The number of hydrogen-bond acceptors (Lipinski definition) is 8. The highest BCUT2D eigenvalue weighted by Gasteiger charge is 2.22. The Morgan fingerprint density at radius 1 is 1.00 bits per heavy atom. The van der Waals surface area contributed by atoms with Gasteiger partial charge in [-0.2, -0.15) is 0 Å². The van der Waals surface area contributed by atoms with Gasteiger partial charge in [-0.05, 0) is 74.7 Å². The molecule has 3 aromatic rings. The maximum atomic E-state index is 13.7. The number of carboxylic acids is 2. The van der Waals surface area contributed by atoms with Crippen LogP contribution in [0.5, 0.6) is 5.75 Å². The van der Waals surface area contributed by atoms with E-state index in [1.165, 1.54) is 24.3 Å². The Labute approximate surface area is 248 Å². The first-order valence-electron chi connectivity index (χ1n) is 15.8. The summed E-state index contributed by atoms with van der Waals surface area (Å²) in [7, 11) is -3.55. The number of ketones is 1. The second kappa shape index (κ2) is 16.4. The molecule has 11 nitrogen and oxygen atoms in total. The number of carboxylic acid groups (broad SMARTS) is 2. The molecule has 0 unspecified atom stereocenters. The van der Waals surface area contributed by atoms with Gasteiger partial charge in [-0.15, -0.1) is 0 Å². The Kier molecular flexibility index (Phi) is 9.94. The number of nitrogens with one attached hydrogen (secondary N) is 2. The average molecular weight is 597 g/mol. The summed E-state index contributed by atoms with van der Waals surface area (Å²) >= 11 is 0. The van der Waals surface area contributed by atoms with Gasteiger partial charge in [0.25, 0.3) is 0 Å². The molecule has 0 saturated heterocycles. The van der Waals surface area contributed by atoms with Crippen LogP contribution in [0.3, 0.4) is 0 Å². The van der Waals surface area contributed by atoms with E-state index < -0.39 is 47.2 Å². The van der Waals surface area contributed by atoms with Crippen LogP contribution < -0.4 is 14.8 Å². The number of benzene rings is 2. The summed E-state index contributed by atoms with van der Waals surface area (Å²) in [6.07, 6.45) is 1.43. The zero-order valence-electron chi connectivity index (χ0n) is 28.9. The van der Waals surface area contributed by atoms with Gasteiger partial charge in [-0.1, -0.05) is 26.7 Å². The smallest absolute Gasteiger partial charge is 0.414 e. The summed E-state index contributed by atoms with van der Waals surface area (Å²) < 4.78 is 86.0. The number of unbranched alkanes of at least 4 members (excludes halogenated alkanes) is 2. The molecule has 0 saturated carbocycles. The number of aryl methyl sites for hydroxylation is 1. The lowest BCUT2D eigenvalue weighted by molar-refractivity contribution is -0.159. The van der Waals surface area contributed by atoms with Crippen molar-refractivity contribution < 1.29 is 50.4 Å². The van der Waals surface area contributed by atoms with Crippen molar-refractivity contribution in [3.05, 3.63) is 59.4 Å². The first-order chi connectivity index (χ1) is 21.7. The topological polar surface area (TPSA) is 172 Å². The Bertz CT molecular complexity index is 1670. The predicted octanol–water partition coefficient (Wildman–Crippen LogP) is 4.69. The molecular formula is C29H38N2O9S. The van der Waals surface area contributed by atoms with Gasteiger partial charge in [-0.25, -0.2) is 18.0 Å². The molecule has 2 aromatic carbocycles. The van der Waals surface area contributed by atoms with Crippen molar-refractivity contribution >= 4 is 44.4 Å². The van der Waals surface area contributed by atoms with E-state index in [0.717, 1.165) is 25.5 Å². The summed E-state index contributed by atoms with van der Waals surface area (Å²) in [5, 5.41) is 17.7. The lowest BCUT2D eigenvalue weighted by atomic mass is 9.98. The first kappa shape index (κ1) is 24.9. The van der Waals surface area contributed by atoms with E-state index in [4.69, 9.17) is 37.2 Å². The van der Waals surface area contributed by atoms with Gasteiger partial charge in [-0.3, -0.25) is 9.52 Å². The quantitative estimate of drug-likeness (QED) is 0.109. The molecule has 0 bridgehead atoms. The fourth-order valence-corrected chi connectivity index (χ4v) is 4.04. The third-order valence-electron chi connectivity index (χ3n) is 5.37. The van der Waals surface area contributed by atoms with Crippen molar-refractivity contribution in [1.29, 1.82) is 0 Å². The van der Waals surface area contributed by atoms with Crippen LogP contribution in [0.4, 0.5) is 5.69 Å². The number of carbonyl (C=O) groups excluding carboxylic acids is 1. The zero-order valence-corrected chi connectivity index (χ0v) is 23.8. The van der Waals surface area contributed by atoms with Crippen LogP contribution in [0.15, 0.2) is 46.9 Å². The van der Waals surface area contributed by atoms with Crippen molar-refractivity contribution in [3.8, 4) is 5.75 Å². The van der Waals surface area contributed by atoms with Crippen molar-refractivity contribution in [2.75, 3.05) is 30.6 Å². The Morgan fingerprint density at radius 3 is 2.24 bits per heavy atom. The van der Waals surface area contributed by atoms with E-state index in [-0.39, 0.29) is 29.1 Å². The van der Waals surface area contributed by atoms with E-state index in [1.54, 1.807) is 18.2 Å². The van der Waals surface area contributed by atoms with Gasteiger partial charge < -0.3 is 24.7 Å². The maximum Gasteiger partial charge on any atom is 0.414 e. The number of ether oxygens (including phenoxy) is 1. The summed E-state index contributed by atoms with van der Waals surface area (Å²) in [4.78, 5) is 31.9. The third kappa shape index (κ3) is 11.2. The highest BCUT2D eigenvalue weighted by atomic mass is 32.2. The van der Waals surface area contributed by atoms with Crippen LogP contribution in [0, 0.1) is 0 Å². The highest BCUT2D eigenvalue weighted by Crippen LogP contribution is 2.32. The SMILES string of the molecule is O=C(O)C(=O)O.[2H]C([2H])(NCCCC)C([2H])([2H])C([2H])([2H])Oc1ccc(C(=O)c2c(CCCC)oc3ccc(NS(C)(=O)=O)cc23)cc1. The minimum absolute atomic E-state index is 0.0947. The number of furan rings is 1. The molecule has 3 rings (SSSR count). The van der Waals surface area contributed by atoms with Crippen LogP contribution in [-0.2, 0) is 26.0 Å². The standard InChI is InChI=1S/C27H36N2O5S.C2H2O4/c1-4-6-9-25-26(23-19-21(29-35(3,31)32)12-15-24(23)34-25)27(30)20-10-13-22(14-11-20)33-18-8-17-28-16-7-5-2;3-1(4)2(5)6/h10-15,19,28-29H,4-9,16-18H2,1-3H3;(H,3,4)(H,5,6)/i8D2,17D2,18D2;. The summed E-state index contributed by atoms with van der Waals surface area (Å²) in [5.41, 5.74) is 1.22. The van der Waals surface area contributed by atoms with Gasteiger partial charge in [0.15, 0.2) is 5.78 Å². The number of hydrogen-bond donors (Lipinski definition) is 4. The highest BCUT2D eigenvalue weighted by molar-refractivity contribution is 7.92. The Morgan fingerprint density at radius 2 is 1.66 bits per heavy atom. The number of anilines is 1. The Balaban J connectivity index is 0.00000117. The molecule has 0 aliphatic rings. The lowest BCUT2D eigenvalue weighted by Gasteiger charge is -2.08. The average Bonchev–Trinajstić information content (AvgIpc) is 3.32. The monoisotopic (exact) mass is 596 g/mol. The van der Waals surface area contributed by atoms with E-state index in [2.05, 4.69) is 10.0 Å². The largest absolute Gasteiger partial charge is 0.494 e. The van der Waals surface area contributed by atoms with Crippen LogP contribution in [0.25, 0.3) is 11.0 Å². The van der Waals surface area contributed by atoms with Gasteiger partial charge in [0, 0.05) is 28.5 Å². The van der Waals surface area contributed by atoms with Crippen LogP contribution in [0.1, 0.15) is 75.8 Å². The molecule has 1 aromatic heterocycles. The molecule has 41 heavy (non-hydrogen) atoms. The van der Waals surface area contributed by atoms with Crippen molar-refractivity contribution in [3.63, 3.8) is 0 Å². The minimum Gasteiger partial charge on any atom is -0.494 e. The molecule has 0 fully saturated rings. The summed E-state index contributed by atoms with van der Waals surface area (Å²) in [6, 6.07) is 10.1. The molecule has 0 aliphatic heterocycles. The molecule has 224 valence electrons. The minimum atomic E-state index is -3.55. The summed E-state index contributed by atoms with van der Waals surface area (Å²) in [5.74, 6) is -3.67. The van der Waals surface area contributed by atoms with Gasteiger partial charge in [0.05, 0.1) is 21.1 Å². The van der Waals surface area contributed by atoms with Crippen molar-refractivity contribution in [2.24, 2.45) is 0 Å². The van der Waals surface area contributed by atoms with E-state index >= 15 is 0 Å². The number of rotatable bonds is 15. The fraction of sp³-hybridized carbons (Fsp3) is 0.414. The molecule has 12 heteroatoms. The molecule has 1 heterocycles. The van der Waals surface area contributed by atoms with E-state index in [9.17, 15) is 13.2 Å². The third-order valence-corrected chi connectivity index (χ3v) is 5.98. The normalized spacial score (nSPS) is 14.2. The zero-order chi connectivity index (χ0) is 35.8. The van der Waals surface area contributed by atoms with Gasteiger partial charge in [0.2, 0.25) is 10.0 Å². The molecule has 0 aliphatic carbocycles. The van der Waals surface area contributed by atoms with Gasteiger partial charge >= 0.3 is 11.9 Å². The van der Waals surface area contributed by atoms with Crippen LogP contribution in [-0.4, -0.2) is 62.2 Å².